The SMILES string of the molecule is COc1cc(N2CCN(CCC(=O)N[C@H](C(=O)N3C[C@H](O)[C@H](F)[C@@H]3C(=O)N[C@@H](C)c3ccc(-c4ccnn4C)cc3)C(C)(C)C)CC2)ccc1NC(=O)c1cccc(-c2cc[nH]n2)n1. The van der Waals surface area contributed by atoms with Crippen LogP contribution >= 0.6 is 0 Å². The van der Waals surface area contributed by atoms with Crippen LogP contribution in [0, 0.1) is 5.41 Å². The molecule has 2 aromatic carbocycles. The molecular formula is C46H56FN11O6. The van der Waals surface area contributed by atoms with E-state index in [-0.39, 0.29) is 30.5 Å². The number of aliphatic hydroxyl groups is 1. The van der Waals surface area contributed by atoms with Crippen molar-refractivity contribution >= 4 is 35.0 Å². The average molecular weight is 878 g/mol. The van der Waals surface area contributed by atoms with Crippen LogP contribution in [0.5, 0.6) is 5.75 Å². The van der Waals surface area contributed by atoms with Crippen molar-refractivity contribution in [3.05, 3.63) is 96.4 Å². The molecule has 0 bridgehead atoms. The highest BCUT2D eigenvalue weighted by atomic mass is 19.1. The Hall–Kier alpha value is -6.66. The van der Waals surface area contributed by atoms with Crippen molar-refractivity contribution in [3.8, 4) is 28.4 Å². The number of aryl methyl sites for hydroxylation is 1. The molecule has 338 valence electrons. The predicted molar refractivity (Wildman–Crippen MR) is 239 cm³/mol. The molecule has 0 saturated carbocycles. The number of alkyl halides is 1. The summed E-state index contributed by atoms with van der Waals surface area (Å²) >= 11 is 0. The van der Waals surface area contributed by atoms with E-state index in [1.807, 2.05) is 49.5 Å². The second kappa shape index (κ2) is 19.4. The molecule has 18 heteroatoms. The molecule has 2 saturated heterocycles. The van der Waals surface area contributed by atoms with Crippen LogP contribution in [-0.2, 0) is 21.4 Å². The van der Waals surface area contributed by atoms with Gasteiger partial charge >= 0.3 is 0 Å². The predicted octanol–water partition coefficient (Wildman–Crippen LogP) is 3.96. The third-order valence-corrected chi connectivity index (χ3v) is 11.8. The van der Waals surface area contributed by atoms with Gasteiger partial charge in [-0.2, -0.15) is 10.2 Å². The highest BCUT2D eigenvalue weighted by molar-refractivity contribution is 6.04. The van der Waals surface area contributed by atoms with Gasteiger partial charge in [0.25, 0.3) is 5.91 Å². The van der Waals surface area contributed by atoms with Crippen LogP contribution in [0.15, 0.2) is 85.2 Å². The van der Waals surface area contributed by atoms with E-state index in [0.717, 1.165) is 27.4 Å². The Morgan fingerprint density at radius 2 is 1.72 bits per heavy atom. The fourth-order valence-electron chi connectivity index (χ4n) is 8.10. The number of H-pyrrole nitrogens is 1. The van der Waals surface area contributed by atoms with E-state index in [0.29, 0.717) is 55.5 Å². The number of rotatable bonds is 14. The highest BCUT2D eigenvalue weighted by Gasteiger charge is 2.51. The first-order chi connectivity index (χ1) is 30.6. The summed E-state index contributed by atoms with van der Waals surface area (Å²) in [6.45, 7) is 9.85. The summed E-state index contributed by atoms with van der Waals surface area (Å²) < 4.78 is 23.0. The van der Waals surface area contributed by atoms with Crippen molar-refractivity contribution in [1.29, 1.82) is 0 Å². The lowest BCUT2D eigenvalue weighted by atomic mass is 9.85. The lowest BCUT2D eigenvalue weighted by molar-refractivity contribution is -0.145. The van der Waals surface area contributed by atoms with Gasteiger partial charge in [0.1, 0.15) is 35.3 Å². The first-order valence-corrected chi connectivity index (χ1v) is 21.4. The van der Waals surface area contributed by atoms with Crippen LogP contribution in [0.2, 0.25) is 0 Å². The van der Waals surface area contributed by atoms with Gasteiger partial charge in [-0.25, -0.2) is 9.37 Å². The molecule has 0 aliphatic carbocycles. The molecule has 0 radical (unpaired) electrons. The highest BCUT2D eigenvalue weighted by Crippen LogP contribution is 2.32. The van der Waals surface area contributed by atoms with E-state index in [2.05, 4.69) is 46.0 Å². The number of hydrogen-bond donors (Lipinski definition) is 5. The maximum Gasteiger partial charge on any atom is 0.274 e. The normalized spacial score (nSPS) is 18.9. The number of anilines is 2. The van der Waals surface area contributed by atoms with Crippen LogP contribution < -0.4 is 25.6 Å². The van der Waals surface area contributed by atoms with Gasteiger partial charge in [0.2, 0.25) is 17.7 Å². The number of β-amino-alcohol motifs (C(OH)–C–C–N with tert-alkyl or cyclic N) is 1. The third kappa shape index (κ3) is 10.2. The zero-order valence-electron chi connectivity index (χ0n) is 36.9. The fourth-order valence-corrected chi connectivity index (χ4v) is 8.10. The number of aromatic nitrogens is 5. The molecule has 7 rings (SSSR count). The number of aromatic amines is 1. The summed E-state index contributed by atoms with van der Waals surface area (Å²) in [5.41, 5.74) is 4.67. The molecule has 17 nitrogen and oxygen atoms in total. The molecule has 2 fully saturated rings. The molecule has 0 unspecified atom stereocenters. The van der Waals surface area contributed by atoms with E-state index in [1.54, 1.807) is 82.2 Å². The lowest BCUT2D eigenvalue weighted by Crippen LogP contribution is -2.59. The van der Waals surface area contributed by atoms with Gasteiger partial charge < -0.3 is 35.6 Å². The van der Waals surface area contributed by atoms with Gasteiger partial charge in [0, 0.05) is 70.3 Å². The average Bonchev–Trinajstić information content (AvgIpc) is 4.05. The number of carbonyl (C=O) groups excluding carboxylic acids is 4. The number of likely N-dealkylation sites (tertiary alicyclic amines) is 1. The Kier molecular flexibility index (Phi) is 13.7. The summed E-state index contributed by atoms with van der Waals surface area (Å²) in [6, 6.07) is 18.8. The maximum atomic E-state index is 15.6. The summed E-state index contributed by atoms with van der Waals surface area (Å²) in [5.74, 6) is -1.63. The van der Waals surface area contributed by atoms with Crippen molar-refractivity contribution in [2.24, 2.45) is 12.5 Å². The number of aliphatic hydroxyl groups excluding tert-OH is 1. The minimum Gasteiger partial charge on any atom is -0.494 e. The van der Waals surface area contributed by atoms with Gasteiger partial charge in [-0.15, -0.1) is 0 Å². The van der Waals surface area contributed by atoms with Gasteiger partial charge in [0.15, 0.2) is 6.17 Å². The Morgan fingerprint density at radius 1 is 0.969 bits per heavy atom. The summed E-state index contributed by atoms with van der Waals surface area (Å²) in [6.07, 6.45) is -0.0814. The minimum atomic E-state index is -2.02. The first kappa shape index (κ1) is 45.4. The summed E-state index contributed by atoms with van der Waals surface area (Å²) in [5, 5.41) is 30.3. The van der Waals surface area contributed by atoms with E-state index < -0.39 is 47.6 Å². The lowest BCUT2D eigenvalue weighted by Gasteiger charge is -2.37. The van der Waals surface area contributed by atoms with Crippen molar-refractivity contribution in [3.63, 3.8) is 0 Å². The molecule has 4 amide bonds. The number of carbonyl (C=O) groups is 4. The van der Waals surface area contributed by atoms with Gasteiger partial charge in [-0.1, -0.05) is 51.1 Å². The number of amides is 4. The molecule has 2 aliphatic heterocycles. The molecule has 5 heterocycles. The van der Waals surface area contributed by atoms with Gasteiger partial charge in [0.05, 0.1) is 36.8 Å². The number of pyridine rings is 1. The van der Waals surface area contributed by atoms with E-state index in [1.165, 1.54) is 0 Å². The maximum absolute atomic E-state index is 15.6. The van der Waals surface area contributed by atoms with Crippen molar-refractivity contribution in [2.45, 2.75) is 64.5 Å². The molecule has 5 atom stereocenters. The fraction of sp³-hybridized carbons (Fsp3) is 0.413. The van der Waals surface area contributed by atoms with Crippen molar-refractivity contribution in [1.82, 2.24) is 45.4 Å². The molecule has 64 heavy (non-hydrogen) atoms. The minimum absolute atomic E-state index is 0.108. The number of nitrogens with one attached hydrogen (secondary N) is 4. The number of methoxy groups -OCH3 is 1. The Bertz CT molecular complexity index is 2430. The van der Waals surface area contributed by atoms with Gasteiger partial charge in [-0.05, 0) is 59.9 Å². The molecule has 5 aromatic rings. The van der Waals surface area contributed by atoms with Crippen LogP contribution in [-0.4, -0.2) is 134 Å². The number of halogens is 1. The second-order valence-electron chi connectivity index (χ2n) is 17.3. The number of hydrogen-bond acceptors (Lipinski definition) is 11. The zero-order valence-corrected chi connectivity index (χ0v) is 36.9. The molecule has 2 aliphatic rings. The van der Waals surface area contributed by atoms with E-state index in [4.69, 9.17) is 4.74 Å². The smallest absolute Gasteiger partial charge is 0.274 e. The largest absolute Gasteiger partial charge is 0.494 e. The number of piperazine rings is 1. The monoisotopic (exact) mass is 877 g/mol. The van der Waals surface area contributed by atoms with Crippen LogP contribution in [0.4, 0.5) is 15.8 Å². The van der Waals surface area contributed by atoms with E-state index >= 15 is 4.39 Å². The molecule has 0 spiro atoms. The molecular weight excluding hydrogens is 822 g/mol. The number of benzene rings is 2. The number of nitrogens with zero attached hydrogens (tertiary/aromatic N) is 7. The van der Waals surface area contributed by atoms with Crippen molar-refractivity contribution < 1.29 is 33.4 Å². The zero-order chi connectivity index (χ0) is 45.7. The Labute approximate surface area is 371 Å². The molecule has 3 aromatic heterocycles. The quantitative estimate of drug-likeness (QED) is 0.108. The Balaban J connectivity index is 0.910. The summed E-state index contributed by atoms with van der Waals surface area (Å²) in [4.78, 5) is 64.3. The first-order valence-electron chi connectivity index (χ1n) is 21.4. The Morgan fingerprint density at radius 3 is 2.38 bits per heavy atom. The summed E-state index contributed by atoms with van der Waals surface area (Å²) in [7, 11) is 3.39. The topological polar surface area (TPSA) is 203 Å². The third-order valence-electron chi connectivity index (χ3n) is 11.8. The van der Waals surface area contributed by atoms with Crippen LogP contribution in [0.1, 0.15) is 56.2 Å². The van der Waals surface area contributed by atoms with Crippen LogP contribution in [0.3, 0.4) is 0 Å². The van der Waals surface area contributed by atoms with E-state index in [9.17, 15) is 24.3 Å². The van der Waals surface area contributed by atoms with Crippen molar-refractivity contribution in [2.75, 3.05) is 56.6 Å². The van der Waals surface area contributed by atoms with Gasteiger partial charge in [-0.3, -0.25) is 33.9 Å². The standard InChI is InChI=1S/C46H56FN11O6/c1-28(29-10-12-30(13-11-29)36-17-20-49-55(36)5)50-44(62)41-40(47)37(59)27-58(41)45(63)42(46(2,3)4)53-39(60)18-21-56-22-24-57(25-23-56)31-14-15-34(38(26-31)64-6)52-43(61)35-9-7-8-32(51-35)33-16-19-48-54-33/h7-17,19-20,26,28,37,40-42,59H,18,21-25,27H2,1-6H3,(H,48,54)(H,50,62)(H,52,61)(H,53,60)/t28-,37-,40-,41+,42+/m0/s1. The van der Waals surface area contributed by atoms with Crippen LogP contribution in [0.25, 0.3) is 22.6 Å². The molecule has 5 N–H and O–H groups in total. The number of ether oxygens (including phenoxy) is 1. The second-order valence-corrected chi connectivity index (χ2v) is 17.3.